The van der Waals surface area contributed by atoms with Gasteiger partial charge in [0.1, 0.15) is 12.4 Å². The third-order valence-electron chi connectivity index (χ3n) is 2.05. The van der Waals surface area contributed by atoms with Crippen molar-refractivity contribution in [2.45, 2.75) is 13.5 Å². The zero-order valence-corrected chi connectivity index (χ0v) is 11.7. The summed E-state index contributed by atoms with van der Waals surface area (Å²) >= 11 is 10.6. The van der Waals surface area contributed by atoms with Gasteiger partial charge >= 0.3 is 0 Å². The summed E-state index contributed by atoms with van der Waals surface area (Å²) < 4.78 is 7.25. The van der Waals surface area contributed by atoms with Gasteiger partial charge in [0.2, 0.25) is 0 Å². The molecular weight excluding hydrogens is 310 g/mol. The molecule has 0 radical (unpaired) electrons. The third kappa shape index (κ3) is 2.97. The molecule has 0 saturated heterocycles. The molecule has 0 unspecified atom stereocenters. The van der Waals surface area contributed by atoms with E-state index in [0.29, 0.717) is 11.1 Å². The average molecular weight is 319 g/mol. The van der Waals surface area contributed by atoms with Crippen molar-refractivity contribution >= 4 is 38.9 Å². The van der Waals surface area contributed by atoms with Gasteiger partial charge in [0.25, 0.3) is 0 Å². The monoisotopic (exact) mass is 317 g/mol. The predicted octanol–water partition coefficient (Wildman–Crippen LogP) is 4.45. The van der Waals surface area contributed by atoms with Crippen LogP contribution in [0.4, 0.5) is 0 Å². The first-order valence-corrected chi connectivity index (χ1v) is 6.63. The fourth-order valence-corrected chi connectivity index (χ4v) is 2.46. The molecule has 0 fully saturated rings. The van der Waals surface area contributed by atoms with Crippen LogP contribution in [0.3, 0.4) is 0 Å². The van der Waals surface area contributed by atoms with Crippen molar-refractivity contribution in [2.24, 2.45) is 0 Å². The minimum Gasteiger partial charge on any atom is -0.488 e. The number of hydrogen-bond donors (Lipinski definition) is 0. The lowest BCUT2D eigenvalue weighted by atomic mass is 10.2. The Morgan fingerprint density at radius 2 is 2.31 bits per heavy atom. The molecule has 1 aromatic heterocycles. The Balaban J connectivity index is 2.07. The molecule has 0 aliphatic heterocycles. The Labute approximate surface area is 111 Å². The fraction of sp³-hybridized carbons (Fsp3) is 0.182. The largest absolute Gasteiger partial charge is 0.488 e. The summed E-state index contributed by atoms with van der Waals surface area (Å²) in [7, 11) is 0. The van der Waals surface area contributed by atoms with Gasteiger partial charge in [-0.1, -0.05) is 33.6 Å². The molecule has 16 heavy (non-hydrogen) atoms. The second-order valence-electron chi connectivity index (χ2n) is 3.28. The highest BCUT2D eigenvalue weighted by molar-refractivity contribution is 9.10. The van der Waals surface area contributed by atoms with Crippen LogP contribution in [-0.4, -0.2) is 4.98 Å². The molecular formula is C11H9BrClNOS. The number of halogens is 2. The van der Waals surface area contributed by atoms with Crippen LogP contribution < -0.4 is 4.74 Å². The summed E-state index contributed by atoms with van der Waals surface area (Å²) in [5, 5.41) is 0. The Hall–Kier alpha value is -0.580. The fourth-order valence-electron chi connectivity index (χ4n) is 1.23. The van der Waals surface area contributed by atoms with Crippen LogP contribution in [0.5, 0.6) is 5.75 Å². The van der Waals surface area contributed by atoms with Crippen molar-refractivity contribution < 1.29 is 4.74 Å². The van der Waals surface area contributed by atoms with E-state index in [9.17, 15) is 0 Å². The lowest BCUT2D eigenvalue weighted by Crippen LogP contribution is -1.94. The van der Waals surface area contributed by atoms with Crippen molar-refractivity contribution in [3.8, 4) is 5.75 Å². The van der Waals surface area contributed by atoms with Crippen molar-refractivity contribution in [3.63, 3.8) is 0 Å². The quantitative estimate of drug-likeness (QED) is 0.834. The number of ether oxygens (including phenoxy) is 1. The highest BCUT2D eigenvalue weighted by Gasteiger charge is 2.03. The molecule has 0 aliphatic rings. The number of nitrogens with zero attached hydrogens (tertiary/aromatic N) is 1. The Morgan fingerprint density at radius 1 is 1.50 bits per heavy atom. The molecule has 5 heteroatoms. The molecule has 0 spiro atoms. The van der Waals surface area contributed by atoms with Gasteiger partial charge in [-0.05, 0) is 24.6 Å². The van der Waals surface area contributed by atoms with E-state index in [4.69, 9.17) is 16.3 Å². The van der Waals surface area contributed by atoms with Gasteiger partial charge in [0, 0.05) is 10.7 Å². The molecule has 0 aliphatic carbocycles. The number of rotatable bonds is 3. The Kier molecular flexibility index (Phi) is 3.84. The number of hydrogen-bond acceptors (Lipinski definition) is 3. The van der Waals surface area contributed by atoms with Crippen LogP contribution >= 0.6 is 38.9 Å². The van der Waals surface area contributed by atoms with E-state index in [1.165, 1.54) is 11.3 Å². The molecule has 2 nitrogen and oxygen atoms in total. The minimum absolute atomic E-state index is 0.502. The normalized spacial score (nSPS) is 10.4. The molecule has 84 valence electrons. The molecule has 0 saturated carbocycles. The first-order chi connectivity index (χ1) is 7.65. The summed E-state index contributed by atoms with van der Waals surface area (Å²) in [4.78, 5) is 4.98. The number of thiazole rings is 1. The molecule has 0 bridgehead atoms. The number of benzene rings is 1. The van der Waals surface area contributed by atoms with E-state index >= 15 is 0 Å². The second-order valence-corrected chi connectivity index (χ2v) is 5.89. The third-order valence-corrected chi connectivity index (χ3v) is 3.63. The van der Waals surface area contributed by atoms with Gasteiger partial charge in [-0.2, -0.15) is 0 Å². The summed E-state index contributed by atoms with van der Waals surface area (Å²) in [6.07, 6.45) is 1.74. The Morgan fingerprint density at radius 3 is 3.00 bits per heavy atom. The summed E-state index contributed by atoms with van der Waals surface area (Å²) in [5.41, 5.74) is 1.11. The van der Waals surface area contributed by atoms with Crippen molar-refractivity contribution in [3.05, 3.63) is 43.8 Å². The highest BCUT2D eigenvalue weighted by atomic mass is 79.9. The maximum absolute atomic E-state index is 5.74. The smallest absolute Gasteiger partial charge is 0.183 e. The average Bonchev–Trinajstić information content (AvgIpc) is 2.66. The van der Waals surface area contributed by atoms with E-state index in [0.717, 1.165) is 20.7 Å². The molecule has 0 atom stereocenters. The first-order valence-electron chi connectivity index (χ1n) is 4.64. The minimum atomic E-state index is 0.502. The standard InChI is InChI=1S/C11H9BrClNOS/c1-7-2-3-8(12)4-10(7)15-6-9-5-14-11(13)16-9/h2-5H,6H2,1H3. The highest BCUT2D eigenvalue weighted by Crippen LogP contribution is 2.25. The predicted molar refractivity (Wildman–Crippen MR) is 70.3 cm³/mol. The first kappa shape index (κ1) is 11.9. The molecule has 1 aromatic carbocycles. The van der Waals surface area contributed by atoms with Gasteiger partial charge in [0.05, 0.1) is 4.88 Å². The van der Waals surface area contributed by atoms with Crippen LogP contribution in [-0.2, 0) is 6.61 Å². The van der Waals surface area contributed by atoms with Crippen LogP contribution in [0.25, 0.3) is 0 Å². The van der Waals surface area contributed by atoms with E-state index in [2.05, 4.69) is 20.9 Å². The van der Waals surface area contributed by atoms with Gasteiger partial charge in [-0.25, -0.2) is 4.98 Å². The zero-order valence-electron chi connectivity index (χ0n) is 8.54. The molecule has 0 amide bonds. The summed E-state index contributed by atoms with van der Waals surface area (Å²) in [6, 6.07) is 5.96. The maximum Gasteiger partial charge on any atom is 0.183 e. The second kappa shape index (κ2) is 5.17. The lowest BCUT2D eigenvalue weighted by molar-refractivity contribution is 0.307. The molecule has 0 N–H and O–H groups in total. The van der Waals surface area contributed by atoms with Crippen molar-refractivity contribution in [1.29, 1.82) is 0 Å². The number of aryl methyl sites for hydroxylation is 1. The molecule has 2 aromatic rings. The van der Waals surface area contributed by atoms with Crippen molar-refractivity contribution in [1.82, 2.24) is 4.98 Å². The van der Waals surface area contributed by atoms with Gasteiger partial charge < -0.3 is 4.74 Å². The summed E-state index contributed by atoms with van der Waals surface area (Å²) in [6.45, 7) is 2.52. The topological polar surface area (TPSA) is 22.1 Å². The SMILES string of the molecule is Cc1ccc(Br)cc1OCc1cnc(Cl)s1. The molecule has 1 heterocycles. The van der Waals surface area contributed by atoms with Gasteiger partial charge in [-0.15, -0.1) is 11.3 Å². The number of aromatic nitrogens is 1. The molecule has 2 rings (SSSR count). The zero-order chi connectivity index (χ0) is 11.5. The van der Waals surface area contributed by atoms with E-state index in [1.54, 1.807) is 6.20 Å². The lowest BCUT2D eigenvalue weighted by Gasteiger charge is -2.07. The van der Waals surface area contributed by atoms with E-state index < -0.39 is 0 Å². The van der Waals surface area contributed by atoms with Crippen LogP contribution in [0.2, 0.25) is 4.47 Å². The van der Waals surface area contributed by atoms with Crippen molar-refractivity contribution in [2.75, 3.05) is 0 Å². The van der Waals surface area contributed by atoms with Gasteiger partial charge in [-0.3, -0.25) is 0 Å². The summed E-state index contributed by atoms with van der Waals surface area (Å²) in [5.74, 6) is 0.874. The van der Waals surface area contributed by atoms with Crippen LogP contribution in [0.15, 0.2) is 28.9 Å². The van der Waals surface area contributed by atoms with Crippen LogP contribution in [0, 0.1) is 6.92 Å². The Bertz CT molecular complexity index is 500. The van der Waals surface area contributed by atoms with E-state index in [-0.39, 0.29) is 0 Å². The van der Waals surface area contributed by atoms with Gasteiger partial charge in [0.15, 0.2) is 4.47 Å². The maximum atomic E-state index is 5.74. The van der Waals surface area contributed by atoms with Crippen LogP contribution in [0.1, 0.15) is 10.4 Å². The van der Waals surface area contributed by atoms with E-state index in [1.807, 2.05) is 25.1 Å².